The lowest BCUT2D eigenvalue weighted by molar-refractivity contribution is -0.137. The minimum atomic E-state index is -4.49. The van der Waals surface area contributed by atoms with E-state index < -0.39 is 11.7 Å². The topological polar surface area (TPSA) is 55.5 Å². The van der Waals surface area contributed by atoms with Gasteiger partial charge in [-0.2, -0.15) is 13.2 Å². The number of nitrogen functional groups attached to an aromatic ring is 1. The van der Waals surface area contributed by atoms with Crippen molar-refractivity contribution in [1.29, 1.82) is 0 Å². The lowest BCUT2D eigenvalue weighted by Gasteiger charge is -2.14. The van der Waals surface area contributed by atoms with E-state index in [0.717, 1.165) is 12.1 Å². The number of anilines is 1. The number of alkyl halides is 3. The number of rotatable bonds is 4. The molecule has 0 fully saturated rings. The van der Waals surface area contributed by atoms with Crippen LogP contribution >= 0.6 is 0 Å². The summed E-state index contributed by atoms with van der Waals surface area (Å²) in [6.07, 6.45) is -4.49. The van der Waals surface area contributed by atoms with Crippen LogP contribution in [0.4, 0.5) is 18.9 Å². The number of hydrogen-bond donors (Lipinski definition) is 2. The molecule has 0 aliphatic heterocycles. The lowest BCUT2D eigenvalue weighted by Crippen LogP contribution is -2.07. The van der Waals surface area contributed by atoms with Gasteiger partial charge in [0.05, 0.1) is 12.2 Å². The van der Waals surface area contributed by atoms with E-state index in [1.807, 2.05) is 0 Å². The zero-order valence-corrected chi connectivity index (χ0v) is 11.0. The highest BCUT2D eigenvalue weighted by molar-refractivity contribution is 5.77. The Labute approximate surface area is 119 Å². The Morgan fingerprint density at radius 1 is 1.10 bits per heavy atom. The minimum Gasteiger partial charge on any atom is -0.491 e. The maximum Gasteiger partial charge on any atom is 0.416 e. The zero-order chi connectivity index (χ0) is 15.5. The van der Waals surface area contributed by atoms with Crippen molar-refractivity contribution in [2.24, 2.45) is 0 Å². The summed E-state index contributed by atoms with van der Waals surface area (Å²) in [7, 11) is 0. The first-order valence-corrected chi connectivity index (χ1v) is 6.22. The number of aliphatic hydroxyl groups excluding tert-OH is 1. The van der Waals surface area contributed by atoms with Crippen molar-refractivity contribution >= 4 is 5.69 Å². The number of nitrogens with two attached hydrogens (primary N) is 1. The molecule has 0 heterocycles. The fraction of sp³-hybridized carbons (Fsp3) is 0.200. The summed E-state index contributed by atoms with van der Waals surface area (Å²) in [5.41, 5.74) is 6.17. The average molecular weight is 297 g/mol. The Hall–Kier alpha value is -2.21. The van der Waals surface area contributed by atoms with Gasteiger partial charge < -0.3 is 15.6 Å². The molecule has 2 rings (SSSR count). The van der Waals surface area contributed by atoms with Crippen LogP contribution < -0.4 is 10.5 Å². The molecule has 6 heteroatoms. The van der Waals surface area contributed by atoms with Crippen molar-refractivity contribution in [3.63, 3.8) is 0 Å². The maximum atomic E-state index is 13.0. The molecule has 3 N–H and O–H groups in total. The van der Waals surface area contributed by atoms with E-state index >= 15 is 0 Å². The van der Waals surface area contributed by atoms with Gasteiger partial charge in [-0.05, 0) is 29.8 Å². The lowest BCUT2D eigenvalue weighted by atomic mass is 10.0. The second kappa shape index (κ2) is 6.05. The molecule has 0 amide bonds. The molecule has 0 spiro atoms. The van der Waals surface area contributed by atoms with Crippen LogP contribution in [-0.4, -0.2) is 18.3 Å². The highest BCUT2D eigenvalue weighted by atomic mass is 19.4. The number of ether oxygens (including phenoxy) is 1. The van der Waals surface area contributed by atoms with E-state index in [0.29, 0.717) is 16.8 Å². The summed E-state index contributed by atoms with van der Waals surface area (Å²) in [5, 5.41) is 8.72. The SMILES string of the molecule is Nc1ccccc1-c1cc(OCCO)cc(C(F)(F)F)c1. The molecule has 0 aliphatic rings. The Morgan fingerprint density at radius 2 is 1.81 bits per heavy atom. The summed E-state index contributed by atoms with van der Waals surface area (Å²) >= 11 is 0. The quantitative estimate of drug-likeness (QED) is 0.851. The smallest absolute Gasteiger partial charge is 0.416 e. The van der Waals surface area contributed by atoms with Gasteiger partial charge in [0.2, 0.25) is 0 Å². The molecule has 0 atom stereocenters. The third-order valence-corrected chi connectivity index (χ3v) is 2.87. The van der Waals surface area contributed by atoms with Crippen LogP contribution in [-0.2, 0) is 6.18 Å². The van der Waals surface area contributed by atoms with Crippen molar-refractivity contribution < 1.29 is 23.0 Å². The first-order valence-electron chi connectivity index (χ1n) is 6.22. The van der Waals surface area contributed by atoms with E-state index in [2.05, 4.69) is 0 Å². The summed E-state index contributed by atoms with van der Waals surface area (Å²) in [4.78, 5) is 0. The summed E-state index contributed by atoms with van der Waals surface area (Å²) in [6, 6.07) is 10.0. The Balaban J connectivity index is 2.52. The number of aliphatic hydroxyl groups is 1. The second-order valence-corrected chi connectivity index (χ2v) is 4.40. The van der Waals surface area contributed by atoms with Crippen LogP contribution in [0.15, 0.2) is 42.5 Å². The Bertz CT molecular complexity index is 627. The van der Waals surface area contributed by atoms with Crippen LogP contribution in [0, 0.1) is 0 Å². The van der Waals surface area contributed by atoms with E-state index in [9.17, 15) is 13.2 Å². The molecule has 0 aromatic heterocycles. The summed E-state index contributed by atoms with van der Waals surface area (Å²) in [6.45, 7) is -0.357. The van der Waals surface area contributed by atoms with E-state index in [-0.39, 0.29) is 19.0 Å². The maximum absolute atomic E-state index is 13.0. The van der Waals surface area contributed by atoms with E-state index in [1.54, 1.807) is 24.3 Å². The molecule has 2 aromatic rings. The van der Waals surface area contributed by atoms with Crippen molar-refractivity contribution in [3.8, 4) is 16.9 Å². The van der Waals surface area contributed by atoms with Crippen LogP contribution in [0.1, 0.15) is 5.56 Å². The van der Waals surface area contributed by atoms with E-state index in [4.69, 9.17) is 15.6 Å². The van der Waals surface area contributed by atoms with Crippen molar-refractivity contribution in [1.82, 2.24) is 0 Å². The molecule has 3 nitrogen and oxygen atoms in total. The van der Waals surface area contributed by atoms with Crippen LogP contribution in [0.2, 0.25) is 0 Å². The highest BCUT2D eigenvalue weighted by Crippen LogP contribution is 2.37. The molecule has 0 bridgehead atoms. The Morgan fingerprint density at radius 3 is 2.43 bits per heavy atom. The van der Waals surface area contributed by atoms with Crippen molar-refractivity contribution in [3.05, 3.63) is 48.0 Å². The minimum absolute atomic E-state index is 0.0390. The van der Waals surface area contributed by atoms with Gasteiger partial charge in [0.15, 0.2) is 0 Å². The van der Waals surface area contributed by atoms with Gasteiger partial charge in [-0.3, -0.25) is 0 Å². The average Bonchev–Trinajstić information content (AvgIpc) is 2.44. The van der Waals surface area contributed by atoms with Crippen LogP contribution in [0.3, 0.4) is 0 Å². The van der Waals surface area contributed by atoms with Gasteiger partial charge in [0.25, 0.3) is 0 Å². The first kappa shape index (κ1) is 15.2. The fourth-order valence-electron chi connectivity index (χ4n) is 1.92. The number of hydrogen-bond acceptors (Lipinski definition) is 3. The number of benzene rings is 2. The summed E-state index contributed by atoms with van der Waals surface area (Å²) in [5.74, 6) is 0.0390. The second-order valence-electron chi connectivity index (χ2n) is 4.40. The van der Waals surface area contributed by atoms with Gasteiger partial charge in [0, 0.05) is 11.3 Å². The van der Waals surface area contributed by atoms with Gasteiger partial charge in [0.1, 0.15) is 12.4 Å². The van der Waals surface area contributed by atoms with Crippen LogP contribution in [0.5, 0.6) is 5.75 Å². The molecule has 0 aliphatic carbocycles. The predicted molar refractivity (Wildman–Crippen MR) is 73.9 cm³/mol. The van der Waals surface area contributed by atoms with E-state index in [1.165, 1.54) is 6.07 Å². The number of halogens is 3. The van der Waals surface area contributed by atoms with Gasteiger partial charge >= 0.3 is 6.18 Å². The molecule has 0 saturated heterocycles. The third kappa shape index (κ3) is 3.66. The van der Waals surface area contributed by atoms with Crippen LogP contribution in [0.25, 0.3) is 11.1 Å². The summed E-state index contributed by atoms with van der Waals surface area (Å²) < 4.78 is 44.0. The Kier molecular flexibility index (Phi) is 4.37. The normalized spacial score (nSPS) is 11.4. The standard InChI is InChI=1S/C15H14F3NO2/c16-15(17,18)11-7-10(8-12(9-11)21-6-5-20)13-3-1-2-4-14(13)19/h1-4,7-9,20H,5-6,19H2. The molecule has 2 aromatic carbocycles. The van der Waals surface area contributed by atoms with Crippen molar-refractivity contribution in [2.45, 2.75) is 6.18 Å². The molecule has 0 saturated carbocycles. The monoisotopic (exact) mass is 297 g/mol. The molecule has 0 unspecified atom stereocenters. The first-order chi connectivity index (χ1) is 9.91. The fourth-order valence-corrected chi connectivity index (χ4v) is 1.92. The molecule has 112 valence electrons. The highest BCUT2D eigenvalue weighted by Gasteiger charge is 2.31. The van der Waals surface area contributed by atoms with Gasteiger partial charge in [-0.15, -0.1) is 0 Å². The van der Waals surface area contributed by atoms with Crippen molar-refractivity contribution in [2.75, 3.05) is 18.9 Å². The van der Waals surface area contributed by atoms with Gasteiger partial charge in [-0.1, -0.05) is 18.2 Å². The number of para-hydroxylation sites is 1. The molecule has 0 radical (unpaired) electrons. The molecule has 21 heavy (non-hydrogen) atoms. The zero-order valence-electron chi connectivity index (χ0n) is 11.0. The molecular weight excluding hydrogens is 283 g/mol. The molecular formula is C15H14F3NO2. The largest absolute Gasteiger partial charge is 0.491 e. The third-order valence-electron chi connectivity index (χ3n) is 2.87. The van der Waals surface area contributed by atoms with Gasteiger partial charge in [-0.25, -0.2) is 0 Å². The predicted octanol–water partition coefficient (Wildman–Crippen LogP) is 3.33.